The normalized spacial score (nSPS) is 10.6. The summed E-state index contributed by atoms with van der Waals surface area (Å²) < 4.78 is 4.43. The summed E-state index contributed by atoms with van der Waals surface area (Å²) in [5, 5.41) is 12.8. The van der Waals surface area contributed by atoms with Crippen LogP contribution in [0.2, 0.25) is 4.34 Å². The Bertz CT molecular complexity index is 458. The van der Waals surface area contributed by atoms with Crippen LogP contribution in [0.25, 0.3) is 0 Å². The van der Waals surface area contributed by atoms with Crippen LogP contribution in [-0.4, -0.2) is 14.7 Å². The number of thioether (sulfide) groups is 1. The van der Waals surface area contributed by atoms with Crippen molar-refractivity contribution < 1.29 is 5.11 Å². The van der Waals surface area contributed by atoms with Crippen molar-refractivity contribution in [3.8, 4) is 0 Å². The van der Waals surface area contributed by atoms with Crippen LogP contribution in [0.3, 0.4) is 0 Å². The van der Waals surface area contributed by atoms with Gasteiger partial charge in [-0.15, -0.1) is 16.9 Å². The van der Waals surface area contributed by atoms with E-state index in [4.69, 9.17) is 16.7 Å². The van der Waals surface area contributed by atoms with Gasteiger partial charge in [-0.3, -0.25) is 0 Å². The summed E-state index contributed by atoms with van der Waals surface area (Å²) in [5.41, 5.74) is 1.74. The predicted octanol–water partition coefficient (Wildman–Crippen LogP) is 2.98. The summed E-state index contributed by atoms with van der Waals surface area (Å²) in [7, 11) is 0. The zero-order valence-corrected chi connectivity index (χ0v) is 10.6. The number of hydrogen-bond donors (Lipinski definition) is 1. The molecule has 0 radical (unpaired) electrons. The van der Waals surface area contributed by atoms with Gasteiger partial charge < -0.3 is 5.11 Å². The monoisotopic (exact) mass is 272 g/mol. The molecular formula is C10H9ClN2OS2. The average molecular weight is 273 g/mol. The Balaban J connectivity index is 1.97. The maximum atomic E-state index is 8.90. The molecule has 0 fully saturated rings. The molecule has 0 saturated heterocycles. The first-order valence-electron chi connectivity index (χ1n) is 4.59. The molecule has 84 valence electrons. The Kier molecular flexibility index (Phi) is 4.17. The largest absolute Gasteiger partial charge is 0.392 e. The molecule has 1 N–H and O–H groups in total. The molecule has 6 heteroatoms. The van der Waals surface area contributed by atoms with Gasteiger partial charge in [-0.05, 0) is 17.7 Å². The van der Waals surface area contributed by atoms with Crippen LogP contribution in [-0.2, 0) is 12.4 Å². The van der Waals surface area contributed by atoms with Crippen molar-refractivity contribution in [1.82, 2.24) is 9.59 Å². The van der Waals surface area contributed by atoms with Crippen LogP contribution in [0.5, 0.6) is 0 Å². The summed E-state index contributed by atoms with van der Waals surface area (Å²) in [5.74, 6) is 0.716. The smallest absolute Gasteiger partial charge is 0.138 e. The minimum atomic E-state index is 0.0762. The molecule has 16 heavy (non-hydrogen) atoms. The lowest BCUT2D eigenvalue weighted by Gasteiger charge is -2.00. The van der Waals surface area contributed by atoms with Gasteiger partial charge in [-0.1, -0.05) is 28.2 Å². The summed E-state index contributed by atoms with van der Waals surface area (Å²) in [6.07, 6.45) is 0. The second-order valence-electron chi connectivity index (χ2n) is 3.08. The van der Waals surface area contributed by atoms with Crippen molar-refractivity contribution in [3.05, 3.63) is 39.9 Å². The molecule has 0 aliphatic rings. The minimum absolute atomic E-state index is 0.0762. The van der Waals surface area contributed by atoms with Gasteiger partial charge in [0.05, 0.1) is 6.61 Å². The van der Waals surface area contributed by atoms with Crippen LogP contribution in [0.1, 0.15) is 11.3 Å². The first-order valence-corrected chi connectivity index (χ1v) is 6.72. The topological polar surface area (TPSA) is 46.0 Å². The van der Waals surface area contributed by atoms with E-state index in [9.17, 15) is 0 Å². The van der Waals surface area contributed by atoms with E-state index in [1.165, 1.54) is 11.5 Å². The van der Waals surface area contributed by atoms with Gasteiger partial charge in [-0.25, -0.2) is 0 Å². The fourth-order valence-electron chi connectivity index (χ4n) is 1.13. The minimum Gasteiger partial charge on any atom is -0.392 e. The van der Waals surface area contributed by atoms with Gasteiger partial charge in [0.1, 0.15) is 10.0 Å². The quantitative estimate of drug-likeness (QED) is 0.869. The van der Waals surface area contributed by atoms with Crippen LogP contribution in [0.15, 0.2) is 29.2 Å². The van der Waals surface area contributed by atoms with Crippen LogP contribution in [0.4, 0.5) is 0 Å². The number of hydrogen-bond acceptors (Lipinski definition) is 5. The molecule has 0 saturated carbocycles. The van der Waals surface area contributed by atoms with Gasteiger partial charge in [-0.2, -0.15) is 0 Å². The Morgan fingerprint density at radius 1 is 1.31 bits per heavy atom. The Hall–Kier alpha value is -0.620. The lowest BCUT2D eigenvalue weighted by molar-refractivity contribution is 0.282. The third kappa shape index (κ3) is 2.95. The molecular weight excluding hydrogens is 264 g/mol. The van der Waals surface area contributed by atoms with Gasteiger partial charge in [0.2, 0.25) is 0 Å². The molecule has 0 bridgehead atoms. The third-order valence-corrected chi connectivity index (χ3v) is 4.00. The summed E-state index contributed by atoms with van der Waals surface area (Å²) in [4.78, 5) is 1.13. The highest BCUT2D eigenvalue weighted by Gasteiger charge is 2.05. The zero-order chi connectivity index (χ0) is 11.4. The summed E-state index contributed by atoms with van der Waals surface area (Å²) in [6.45, 7) is 0.0762. The van der Waals surface area contributed by atoms with E-state index >= 15 is 0 Å². The number of aromatic nitrogens is 2. The molecule has 1 aromatic heterocycles. The number of halogens is 1. The first kappa shape index (κ1) is 11.9. The summed E-state index contributed by atoms with van der Waals surface area (Å²) >= 11 is 8.75. The van der Waals surface area contributed by atoms with Crippen molar-refractivity contribution in [3.63, 3.8) is 0 Å². The maximum absolute atomic E-state index is 8.90. The molecule has 0 atom stereocenters. The summed E-state index contributed by atoms with van der Waals surface area (Å²) in [6, 6.07) is 7.76. The van der Waals surface area contributed by atoms with Crippen LogP contribution < -0.4 is 0 Å². The lowest BCUT2D eigenvalue weighted by Crippen LogP contribution is -1.84. The molecule has 0 spiro atoms. The Morgan fingerprint density at radius 3 is 2.62 bits per heavy atom. The number of rotatable bonds is 4. The molecule has 2 aromatic rings. The molecule has 0 amide bonds. The van der Waals surface area contributed by atoms with Gasteiger partial charge in [0.25, 0.3) is 0 Å². The van der Waals surface area contributed by atoms with Crippen LogP contribution in [0, 0.1) is 0 Å². The van der Waals surface area contributed by atoms with E-state index in [0.717, 1.165) is 16.2 Å². The fraction of sp³-hybridized carbons (Fsp3) is 0.200. The van der Waals surface area contributed by atoms with Crippen molar-refractivity contribution in [2.24, 2.45) is 0 Å². The lowest BCUT2D eigenvalue weighted by atomic mass is 10.2. The highest BCUT2D eigenvalue weighted by atomic mass is 35.5. The van der Waals surface area contributed by atoms with E-state index in [2.05, 4.69) is 9.59 Å². The number of aliphatic hydroxyl groups excluding tert-OH is 1. The number of aliphatic hydroxyl groups is 1. The van der Waals surface area contributed by atoms with Crippen LogP contribution >= 0.6 is 34.9 Å². The van der Waals surface area contributed by atoms with Crippen molar-refractivity contribution >= 4 is 34.9 Å². The van der Waals surface area contributed by atoms with Gasteiger partial charge in [0, 0.05) is 22.2 Å². The maximum Gasteiger partial charge on any atom is 0.138 e. The van der Waals surface area contributed by atoms with Gasteiger partial charge in [0.15, 0.2) is 0 Å². The zero-order valence-electron chi connectivity index (χ0n) is 8.26. The predicted molar refractivity (Wildman–Crippen MR) is 66.8 cm³/mol. The van der Waals surface area contributed by atoms with E-state index < -0.39 is 0 Å². The Morgan fingerprint density at radius 2 is 2.06 bits per heavy atom. The average Bonchev–Trinajstić information content (AvgIpc) is 2.73. The van der Waals surface area contributed by atoms with E-state index in [1.807, 2.05) is 24.3 Å². The molecule has 0 unspecified atom stereocenters. The van der Waals surface area contributed by atoms with Crippen molar-refractivity contribution in [1.29, 1.82) is 0 Å². The SMILES string of the molecule is OCc1ccc(SCc2nnsc2Cl)cc1. The second-order valence-corrected chi connectivity index (χ2v) is 5.49. The highest BCUT2D eigenvalue weighted by molar-refractivity contribution is 7.98. The molecule has 0 aliphatic heterocycles. The van der Waals surface area contributed by atoms with Gasteiger partial charge >= 0.3 is 0 Å². The molecule has 1 heterocycles. The number of benzene rings is 1. The molecule has 1 aromatic carbocycles. The van der Waals surface area contributed by atoms with Crippen molar-refractivity contribution in [2.45, 2.75) is 17.3 Å². The highest BCUT2D eigenvalue weighted by Crippen LogP contribution is 2.27. The van der Waals surface area contributed by atoms with E-state index in [0.29, 0.717) is 10.1 Å². The second kappa shape index (κ2) is 5.63. The first-order chi connectivity index (χ1) is 7.79. The molecule has 2 rings (SSSR count). The number of nitrogens with zero attached hydrogens (tertiary/aromatic N) is 2. The molecule has 0 aliphatic carbocycles. The Labute approximate surface area is 107 Å². The van der Waals surface area contributed by atoms with E-state index in [1.54, 1.807) is 11.8 Å². The molecule has 3 nitrogen and oxygen atoms in total. The van der Waals surface area contributed by atoms with Crippen molar-refractivity contribution in [2.75, 3.05) is 0 Å². The fourth-order valence-corrected chi connectivity index (χ4v) is 2.76. The third-order valence-electron chi connectivity index (χ3n) is 1.99. The van der Waals surface area contributed by atoms with E-state index in [-0.39, 0.29) is 6.61 Å². The standard InChI is InChI=1S/C10H9ClN2OS2/c11-10-9(12-13-16-10)6-15-8-3-1-7(5-14)2-4-8/h1-4,14H,5-6H2.